The minimum atomic E-state index is 0.538. The maximum atomic E-state index is 5.53. The summed E-state index contributed by atoms with van der Waals surface area (Å²) in [5.41, 5.74) is 8.86. The summed E-state index contributed by atoms with van der Waals surface area (Å²) in [6.45, 7) is 0.538. The van der Waals surface area contributed by atoms with Crippen LogP contribution in [-0.4, -0.2) is 12.1 Å². The van der Waals surface area contributed by atoms with Crippen LogP contribution >= 0.6 is 0 Å². The maximum Gasteiger partial charge on any atom is 0.118 e. The van der Waals surface area contributed by atoms with Crippen LogP contribution in [0.2, 0.25) is 0 Å². The largest absolute Gasteiger partial charge is 0.497 e. The maximum absolute atomic E-state index is 5.53. The third-order valence-electron chi connectivity index (χ3n) is 2.67. The zero-order chi connectivity index (χ0) is 12.1. The fourth-order valence-corrected chi connectivity index (χ4v) is 1.63. The highest BCUT2D eigenvalue weighted by molar-refractivity contribution is 5.30. The molecule has 0 spiro atoms. The van der Waals surface area contributed by atoms with Crippen molar-refractivity contribution in [1.29, 1.82) is 0 Å². The summed E-state index contributed by atoms with van der Waals surface area (Å²) in [5.74, 6) is 0.875. The van der Waals surface area contributed by atoms with Gasteiger partial charge in [0.05, 0.1) is 7.11 Å². The first-order chi connectivity index (χ1) is 8.31. The van der Waals surface area contributed by atoms with E-state index >= 15 is 0 Å². The smallest absolute Gasteiger partial charge is 0.118 e. The van der Waals surface area contributed by atoms with Gasteiger partial charge in [0.25, 0.3) is 0 Å². The summed E-state index contributed by atoms with van der Waals surface area (Å²) in [6, 6.07) is 12.1. The Balaban J connectivity index is 2.08. The Hall–Kier alpha value is -1.87. The predicted octanol–water partition coefficient (Wildman–Crippen LogP) is 2.14. The summed E-state index contributed by atoms with van der Waals surface area (Å²) < 4.78 is 5.12. The van der Waals surface area contributed by atoms with Crippen LogP contribution in [0, 0.1) is 0 Å². The van der Waals surface area contributed by atoms with Crippen molar-refractivity contribution >= 4 is 0 Å². The van der Waals surface area contributed by atoms with E-state index < -0.39 is 0 Å². The van der Waals surface area contributed by atoms with E-state index in [-0.39, 0.29) is 0 Å². The van der Waals surface area contributed by atoms with Gasteiger partial charge < -0.3 is 10.5 Å². The molecule has 3 heteroatoms. The molecule has 0 amide bonds. The fourth-order valence-electron chi connectivity index (χ4n) is 1.63. The molecule has 0 aliphatic carbocycles. The van der Waals surface area contributed by atoms with Crippen LogP contribution in [0.4, 0.5) is 0 Å². The Morgan fingerprint density at radius 3 is 2.29 bits per heavy atom. The number of nitrogens with two attached hydrogens (primary N) is 1. The highest BCUT2D eigenvalue weighted by Crippen LogP contribution is 2.14. The van der Waals surface area contributed by atoms with Crippen molar-refractivity contribution in [3.8, 4) is 5.75 Å². The molecule has 88 valence electrons. The second-order valence-corrected chi connectivity index (χ2v) is 3.89. The normalized spacial score (nSPS) is 10.2. The average molecular weight is 228 g/mol. The average Bonchev–Trinajstić information content (AvgIpc) is 2.40. The van der Waals surface area contributed by atoms with Crippen molar-refractivity contribution in [1.82, 2.24) is 4.98 Å². The van der Waals surface area contributed by atoms with E-state index in [9.17, 15) is 0 Å². The summed E-state index contributed by atoms with van der Waals surface area (Å²) >= 11 is 0. The highest BCUT2D eigenvalue weighted by atomic mass is 16.5. The van der Waals surface area contributed by atoms with Gasteiger partial charge in [-0.05, 0) is 29.3 Å². The van der Waals surface area contributed by atoms with E-state index in [0.717, 1.165) is 23.4 Å². The summed E-state index contributed by atoms with van der Waals surface area (Å²) in [7, 11) is 1.67. The van der Waals surface area contributed by atoms with Gasteiger partial charge in [0.15, 0.2) is 0 Å². The molecule has 2 rings (SSSR count). The van der Waals surface area contributed by atoms with Gasteiger partial charge in [-0.2, -0.15) is 0 Å². The number of aromatic nitrogens is 1. The molecule has 0 radical (unpaired) electrons. The SMILES string of the molecule is COc1ccc(Cc2ccc(CN)cn2)cc1. The monoisotopic (exact) mass is 228 g/mol. The molecule has 17 heavy (non-hydrogen) atoms. The van der Waals surface area contributed by atoms with Crippen LogP contribution in [0.15, 0.2) is 42.6 Å². The van der Waals surface area contributed by atoms with Crippen LogP contribution in [0.5, 0.6) is 5.75 Å². The van der Waals surface area contributed by atoms with Gasteiger partial charge in [-0.25, -0.2) is 0 Å². The first-order valence-electron chi connectivity index (χ1n) is 5.58. The van der Waals surface area contributed by atoms with Gasteiger partial charge in [-0.1, -0.05) is 18.2 Å². The number of hydrogen-bond donors (Lipinski definition) is 1. The number of rotatable bonds is 4. The van der Waals surface area contributed by atoms with Gasteiger partial charge in [0.2, 0.25) is 0 Å². The molecule has 1 aromatic heterocycles. The Kier molecular flexibility index (Phi) is 3.73. The predicted molar refractivity (Wildman–Crippen MR) is 67.9 cm³/mol. The van der Waals surface area contributed by atoms with Gasteiger partial charge in [0.1, 0.15) is 5.75 Å². The molecular formula is C14H16N2O. The molecule has 1 heterocycles. The Morgan fingerprint density at radius 2 is 1.76 bits per heavy atom. The molecule has 2 N–H and O–H groups in total. The lowest BCUT2D eigenvalue weighted by Crippen LogP contribution is -1.98. The van der Waals surface area contributed by atoms with Crippen LogP contribution in [0.1, 0.15) is 16.8 Å². The van der Waals surface area contributed by atoms with E-state index in [2.05, 4.69) is 17.1 Å². The molecule has 0 aliphatic heterocycles. The number of methoxy groups -OCH3 is 1. The van der Waals surface area contributed by atoms with E-state index in [1.165, 1.54) is 5.56 Å². The van der Waals surface area contributed by atoms with Crippen LogP contribution in [0.3, 0.4) is 0 Å². The first-order valence-corrected chi connectivity index (χ1v) is 5.58. The number of hydrogen-bond acceptors (Lipinski definition) is 3. The number of pyridine rings is 1. The van der Waals surface area contributed by atoms with Crippen LogP contribution < -0.4 is 10.5 Å². The molecular weight excluding hydrogens is 212 g/mol. The molecule has 0 atom stereocenters. The molecule has 2 aromatic rings. The van der Waals surface area contributed by atoms with Crippen molar-refractivity contribution in [3.63, 3.8) is 0 Å². The lowest BCUT2D eigenvalue weighted by atomic mass is 10.1. The van der Waals surface area contributed by atoms with Crippen molar-refractivity contribution in [2.24, 2.45) is 5.73 Å². The molecule has 0 aliphatic rings. The van der Waals surface area contributed by atoms with Gasteiger partial charge in [0, 0.05) is 24.9 Å². The second kappa shape index (κ2) is 5.46. The molecule has 0 bridgehead atoms. The van der Waals surface area contributed by atoms with Crippen LogP contribution in [-0.2, 0) is 13.0 Å². The van der Waals surface area contributed by atoms with Crippen molar-refractivity contribution in [3.05, 3.63) is 59.4 Å². The van der Waals surface area contributed by atoms with Crippen LogP contribution in [0.25, 0.3) is 0 Å². The van der Waals surface area contributed by atoms with E-state index in [1.807, 2.05) is 30.5 Å². The number of benzene rings is 1. The quantitative estimate of drug-likeness (QED) is 0.872. The molecule has 0 saturated carbocycles. The third-order valence-corrected chi connectivity index (χ3v) is 2.67. The fraction of sp³-hybridized carbons (Fsp3) is 0.214. The molecule has 0 saturated heterocycles. The van der Waals surface area contributed by atoms with Gasteiger partial charge in [-0.15, -0.1) is 0 Å². The summed E-state index contributed by atoms with van der Waals surface area (Å²) in [6.07, 6.45) is 2.66. The molecule has 0 fully saturated rings. The zero-order valence-corrected chi connectivity index (χ0v) is 9.89. The van der Waals surface area contributed by atoms with Crippen molar-refractivity contribution in [2.75, 3.05) is 7.11 Å². The second-order valence-electron chi connectivity index (χ2n) is 3.89. The number of nitrogens with zero attached hydrogens (tertiary/aromatic N) is 1. The standard InChI is InChI=1S/C14H16N2O/c1-17-14-6-3-11(4-7-14)8-13-5-2-12(9-15)10-16-13/h2-7,10H,8-9,15H2,1H3. The Bertz CT molecular complexity index is 417. The first kappa shape index (κ1) is 11.6. The molecule has 3 nitrogen and oxygen atoms in total. The van der Waals surface area contributed by atoms with E-state index in [0.29, 0.717) is 6.54 Å². The molecule has 1 aromatic carbocycles. The Labute approximate surface area is 101 Å². The highest BCUT2D eigenvalue weighted by Gasteiger charge is 1.99. The minimum Gasteiger partial charge on any atom is -0.497 e. The van der Waals surface area contributed by atoms with Gasteiger partial charge in [-0.3, -0.25) is 4.98 Å². The summed E-state index contributed by atoms with van der Waals surface area (Å²) in [5, 5.41) is 0. The third kappa shape index (κ3) is 3.04. The zero-order valence-electron chi connectivity index (χ0n) is 9.89. The minimum absolute atomic E-state index is 0.538. The van der Waals surface area contributed by atoms with E-state index in [4.69, 9.17) is 10.5 Å². The summed E-state index contributed by atoms with van der Waals surface area (Å²) in [4.78, 5) is 4.38. The number of ether oxygens (including phenoxy) is 1. The lowest BCUT2D eigenvalue weighted by Gasteiger charge is -2.04. The topological polar surface area (TPSA) is 48.1 Å². The van der Waals surface area contributed by atoms with E-state index in [1.54, 1.807) is 7.11 Å². The van der Waals surface area contributed by atoms with Gasteiger partial charge >= 0.3 is 0 Å². The van der Waals surface area contributed by atoms with Crippen molar-refractivity contribution in [2.45, 2.75) is 13.0 Å². The van der Waals surface area contributed by atoms with Crippen molar-refractivity contribution < 1.29 is 4.74 Å². The molecule has 0 unspecified atom stereocenters. The Morgan fingerprint density at radius 1 is 1.06 bits per heavy atom. The lowest BCUT2D eigenvalue weighted by molar-refractivity contribution is 0.414.